The lowest BCUT2D eigenvalue weighted by molar-refractivity contribution is 0.100. The second-order valence-electron chi connectivity index (χ2n) is 4.55. The number of benzene rings is 2. The molecule has 1 N–H and O–H groups in total. The van der Waals surface area contributed by atoms with Gasteiger partial charge in [0, 0.05) is 11.1 Å². The van der Waals surface area contributed by atoms with Crippen molar-refractivity contribution in [2.45, 2.75) is 0 Å². The maximum atomic E-state index is 12.5. The molecule has 0 saturated heterocycles. The van der Waals surface area contributed by atoms with Gasteiger partial charge < -0.3 is 0 Å². The highest BCUT2D eigenvalue weighted by atomic mass is 16.1. The van der Waals surface area contributed by atoms with E-state index in [4.69, 9.17) is 0 Å². The fourth-order valence-corrected chi connectivity index (χ4v) is 2.11. The fourth-order valence-electron chi connectivity index (χ4n) is 2.11. The van der Waals surface area contributed by atoms with Crippen LogP contribution in [-0.2, 0) is 0 Å². The average Bonchev–Trinajstić information content (AvgIpc) is 3.04. The molecule has 2 aromatic carbocycles. The van der Waals surface area contributed by atoms with Crippen LogP contribution in [0.2, 0.25) is 0 Å². The highest BCUT2D eigenvalue weighted by Crippen LogP contribution is 2.16. The molecule has 21 heavy (non-hydrogen) atoms. The van der Waals surface area contributed by atoms with Gasteiger partial charge in [0.15, 0.2) is 5.78 Å². The van der Waals surface area contributed by atoms with E-state index in [0.29, 0.717) is 11.1 Å². The number of aromatic nitrogens is 2. The number of carbonyl (C=O) groups excluding carboxylic acids is 2. The van der Waals surface area contributed by atoms with Gasteiger partial charge >= 0.3 is 0 Å². The van der Waals surface area contributed by atoms with Gasteiger partial charge in [-0.05, 0) is 0 Å². The van der Waals surface area contributed by atoms with Crippen LogP contribution in [0.3, 0.4) is 0 Å². The third-order valence-corrected chi connectivity index (χ3v) is 3.18. The molecule has 0 bridgehead atoms. The maximum Gasteiger partial charge on any atom is 0.211 e. The predicted octanol–water partition coefficient (Wildman–Crippen LogP) is 2.87. The number of nitrogens with zero attached hydrogens (tertiary/aromatic N) is 1. The third-order valence-electron chi connectivity index (χ3n) is 3.18. The fraction of sp³-hybridized carbons (Fsp3) is 0. The number of aromatic amines is 1. The topological polar surface area (TPSA) is 62.8 Å². The van der Waals surface area contributed by atoms with Crippen molar-refractivity contribution in [3.8, 4) is 0 Å². The Hall–Kier alpha value is -3.01. The van der Waals surface area contributed by atoms with Gasteiger partial charge in [0.25, 0.3) is 0 Å². The third kappa shape index (κ3) is 2.51. The molecule has 0 spiro atoms. The van der Waals surface area contributed by atoms with Crippen molar-refractivity contribution in [1.82, 2.24) is 10.2 Å². The Balaban J connectivity index is 1.99. The van der Waals surface area contributed by atoms with E-state index in [1.54, 1.807) is 48.5 Å². The molecule has 1 heterocycles. The van der Waals surface area contributed by atoms with E-state index in [1.165, 1.54) is 6.20 Å². The van der Waals surface area contributed by atoms with Gasteiger partial charge in [0.1, 0.15) is 5.69 Å². The zero-order valence-electron chi connectivity index (χ0n) is 11.1. The Morgan fingerprint density at radius 3 is 1.86 bits per heavy atom. The second kappa shape index (κ2) is 5.54. The van der Waals surface area contributed by atoms with E-state index >= 15 is 0 Å². The first-order chi connectivity index (χ1) is 10.3. The predicted molar refractivity (Wildman–Crippen MR) is 78.3 cm³/mol. The Bertz CT molecular complexity index is 711. The zero-order valence-corrected chi connectivity index (χ0v) is 11.1. The van der Waals surface area contributed by atoms with Gasteiger partial charge in [0.05, 0.1) is 11.8 Å². The van der Waals surface area contributed by atoms with Crippen LogP contribution in [0.5, 0.6) is 0 Å². The number of nitrogens with one attached hydrogen (secondary N) is 1. The van der Waals surface area contributed by atoms with Gasteiger partial charge in [-0.3, -0.25) is 14.7 Å². The number of rotatable bonds is 4. The summed E-state index contributed by atoms with van der Waals surface area (Å²) < 4.78 is 0. The molecule has 4 heteroatoms. The van der Waals surface area contributed by atoms with Crippen LogP contribution in [0.25, 0.3) is 0 Å². The number of hydrogen-bond donors (Lipinski definition) is 1. The normalized spacial score (nSPS) is 10.3. The van der Waals surface area contributed by atoms with Crippen molar-refractivity contribution < 1.29 is 9.59 Å². The van der Waals surface area contributed by atoms with Gasteiger partial charge in [-0.25, -0.2) is 0 Å². The number of ketones is 2. The summed E-state index contributed by atoms with van der Waals surface area (Å²) in [5.74, 6) is -0.462. The maximum absolute atomic E-state index is 12.5. The van der Waals surface area contributed by atoms with E-state index in [9.17, 15) is 9.59 Å². The first-order valence-corrected chi connectivity index (χ1v) is 6.50. The van der Waals surface area contributed by atoms with Crippen molar-refractivity contribution in [2.24, 2.45) is 0 Å². The van der Waals surface area contributed by atoms with E-state index in [1.807, 2.05) is 12.1 Å². The van der Waals surface area contributed by atoms with Crippen molar-refractivity contribution in [3.05, 3.63) is 89.2 Å². The Kier molecular flexibility index (Phi) is 3.43. The van der Waals surface area contributed by atoms with Crippen molar-refractivity contribution >= 4 is 11.6 Å². The van der Waals surface area contributed by atoms with Crippen LogP contribution in [0.15, 0.2) is 66.9 Å². The quantitative estimate of drug-likeness (QED) is 0.745. The van der Waals surface area contributed by atoms with Crippen molar-refractivity contribution in [3.63, 3.8) is 0 Å². The summed E-state index contributed by atoms with van der Waals surface area (Å²) in [6, 6.07) is 17.6. The van der Waals surface area contributed by atoms with E-state index in [0.717, 1.165) is 0 Å². The standard InChI is InChI=1S/C17H12N2O2/c20-16(12-7-3-1-4-8-12)14-11-18-19-15(14)17(21)13-9-5-2-6-10-13/h1-11H,(H,18,19). The lowest BCUT2D eigenvalue weighted by Gasteiger charge is -2.02. The molecule has 4 nitrogen and oxygen atoms in total. The molecular weight excluding hydrogens is 264 g/mol. The molecule has 0 aliphatic rings. The molecule has 3 aromatic rings. The van der Waals surface area contributed by atoms with Crippen LogP contribution in [0.1, 0.15) is 32.0 Å². The van der Waals surface area contributed by atoms with E-state index in [-0.39, 0.29) is 22.8 Å². The first-order valence-electron chi connectivity index (χ1n) is 6.50. The summed E-state index contributed by atoms with van der Waals surface area (Å²) in [4.78, 5) is 24.9. The Labute approximate surface area is 121 Å². The summed E-state index contributed by atoms with van der Waals surface area (Å²) in [6.07, 6.45) is 1.39. The van der Waals surface area contributed by atoms with Gasteiger partial charge in [-0.2, -0.15) is 5.10 Å². The van der Waals surface area contributed by atoms with Crippen molar-refractivity contribution in [2.75, 3.05) is 0 Å². The summed E-state index contributed by atoms with van der Waals surface area (Å²) in [6.45, 7) is 0. The largest absolute Gasteiger partial charge is 0.288 e. The van der Waals surface area contributed by atoms with Crippen LogP contribution in [0.4, 0.5) is 0 Å². The zero-order chi connectivity index (χ0) is 14.7. The van der Waals surface area contributed by atoms with Gasteiger partial charge in [-0.1, -0.05) is 60.7 Å². The Morgan fingerprint density at radius 2 is 1.29 bits per heavy atom. The summed E-state index contributed by atoms with van der Waals surface area (Å²) in [5, 5.41) is 6.48. The number of carbonyl (C=O) groups is 2. The monoisotopic (exact) mass is 276 g/mol. The van der Waals surface area contributed by atoms with Crippen LogP contribution >= 0.6 is 0 Å². The van der Waals surface area contributed by atoms with Crippen molar-refractivity contribution in [1.29, 1.82) is 0 Å². The molecule has 102 valence electrons. The first kappa shape index (κ1) is 13.0. The summed E-state index contributed by atoms with van der Waals surface area (Å²) in [5.41, 5.74) is 1.55. The molecule has 3 rings (SSSR count). The lowest BCUT2D eigenvalue weighted by atomic mass is 9.99. The summed E-state index contributed by atoms with van der Waals surface area (Å²) in [7, 11) is 0. The average molecular weight is 276 g/mol. The molecule has 0 aliphatic carbocycles. The number of H-pyrrole nitrogens is 1. The molecule has 0 saturated carbocycles. The van der Waals surface area contributed by atoms with Crippen LogP contribution < -0.4 is 0 Å². The SMILES string of the molecule is O=C(c1ccccc1)c1cn[nH]c1C(=O)c1ccccc1. The minimum absolute atomic E-state index is 0.218. The van der Waals surface area contributed by atoms with Gasteiger partial charge in [-0.15, -0.1) is 0 Å². The molecule has 0 atom stereocenters. The molecular formula is C17H12N2O2. The molecule has 0 unspecified atom stereocenters. The molecule has 0 amide bonds. The van der Waals surface area contributed by atoms with Crippen LogP contribution in [0, 0.1) is 0 Å². The Morgan fingerprint density at radius 1 is 0.762 bits per heavy atom. The molecule has 0 radical (unpaired) electrons. The highest BCUT2D eigenvalue weighted by Gasteiger charge is 2.21. The van der Waals surface area contributed by atoms with Crippen LogP contribution in [-0.4, -0.2) is 21.8 Å². The molecule has 1 aromatic heterocycles. The summed E-state index contributed by atoms with van der Waals surface area (Å²) >= 11 is 0. The minimum atomic E-state index is -0.243. The minimum Gasteiger partial charge on any atom is -0.288 e. The van der Waals surface area contributed by atoms with E-state index in [2.05, 4.69) is 10.2 Å². The smallest absolute Gasteiger partial charge is 0.211 e. The molecule has 0 aliphatic heterocycles. The molecule has 0 fully saturated rings. The second-order valence-corrected chi connectivity index (χ2v) is 4.55. The van der Waals surface area contributed by atoms with Gasteiger partial charge in [0.2, 0.25) is 5.78 Å². The number of hydrogen-bond acceptors (Lipinski definition) is 3. The van der Waals surface area contributed by atoms with E-state index < -0.39 is 0 Å². The lowest BCUT2D eigenvalue weighted by Crippen LogP contribution is -2.10. The highest BCUT2D eigenvalue weighted by molar-refractivity contribution is 6.18.